The minimum absolute atomic E-state index is 0.232. The summed E-state index contributed by atoms with van der Waals surface area (Å²) >= 11 is 5.22. The number of rotatable bonds is 5. The summed E-state index contributed by atoms with van der Waals surface area (Å²) in [5, 5.41) is 5.66. The van der Waals surface area contributed by atoms with E-state index in [4.69, 9.17) is 4.42 Å². The van der Waals surface area contributed by atoms with Crippen LogP contribution in [0.4, 0.5) is 0 Å². The van der Waals surface area contributed by atoms with Gasteiger partial charge in [-0.2, -0.15) is 0 Å². The molecule has 104 valence electrons. The van der Waals surface area contributed by atoms with E-state index in [1.54, 1.807) is 11.3 Å². The lowest BCUT2D eigenvalue weighted by molar-refractivity contribution is 0.461. The Morgan fingerprint density at radius 2 is 2.25 bits per heavy atom. The third-order valence-corrected chi connectivity index (χ3v) is 4.68. The molecule has 0 aliphatic carbocycles. The van der Waals surface area contributed by atoms with E-state index >= 15 is 0 Å². The Morgan fingerprint density at radius 1 is 1.40 bits per heavy atom. The molecule has 5 heteroatoms. The third kappa shape index (κ3) is 2.95. The fourth-order valence-corrected chi connectivity index (χ4v) is 3.47. The number of halogens is 1. The molecule has 0 saturated carbocycles. The molecule has 0 radical (unpaired) electrons. The maximum atomic E-state index is 5.81. The molecule has 2 heterocycles. The zero-order valence-electron chi connectivity index (χ0n) is 11.1. The normalized spacial score (nSPS) is 12.9. The quantitative estimate of drug-likeness (QED) is 0.733. The van der Waals surface area contributed by atoms with E-state index in [2.05, 4.69) is 44.6 Å². The highest BCUT2D eigenvalue weighted by Crippen LogP contribution is 2.28. The largest absolute Gasteiger partial charge is 0.441 e. The number of hydrogen-bond donors (Lipinski definition) is 1. The topological polar surface area (TPSA) is 38.1 Å². The van der Waals surface area contributed by atoms with Crippen LogP contribution in [0.2, 0.25) is 0 Å². The number of benzene rings is 1. The lowest BCUT2D eigenvalue weighted by atomic mass is 10.1. The van der Waals surface area contributed by atoms with Gasteiger partial charge in [-0.15, -0.1) is 11.3 Å². The molecule has 3 aromatic rings. The predicted molar refractivity (Wildman–Crippen MR) is 86.1 cm³/mol. The van der Waals surface area contributed by atoms with Crippen molar-refractivity contribution in [1.29, 1.82) is 0 Å². The molecular weight excluding hydrogens is 336 g/mol. The van der Waals surface area contributed by atoms with Crippen molar-refractivity contribution in [2.75, 3.05) is 6.54 Å². The average molecular weight is 351 g/mol. The first-order valence-corrected chi connectivity index (χ1v) is 8.25. The molecule has 1 aromatic carbocycles. The molecule has 0 aliphatic rings. The van der Waals surface area contributed by atoms with Crippen molar-refractivity contribution < 1.29 is 4.42 Å². The Morgan fingerprint density at radius 3 is 2.95 bits per heavy atom. The van der Waals surface area contributed by atoms with Gasteiger partial charge in [-0.1, -0.05) is 19.1 Å². The molecule has 0 amide bonds. The molecule has 2 aromatic heterocycles. The number of oxazole rings is 1. The van der Waals surface area contributed by atoms with E-state index in [0.29, 0.717) is 0 Å². The van der Waals surface area contributed by atoms with Crippen molar-refractivity contribution in [3.8, 4) is 0 Å². The first kappa shape index (κ1) is 13.8. The van der Waals surface area contributed by atoms with E-state index in [1.807, 2.05) is 24.3 Å². The Labute approximate surface area is 130 Å². The second kappa shape index (κ2) is 6.08. The van der Waals surface area contributed by atoms with Gasteiger partial charge in [0.1, 0.15) is 5.52 Å². The fourth-order valence-electron chi connectivity index (χ4n) is 2.24. The van der Waals surface area contributed by atoms with E-state index < -0.39 is 0 Å². The monoisotopic (exact) mass is 350 g/mol. The SMILES string of the molecule is CCNC(Cc1nc2ccccc2o1)c1csc(Br)c1. The maximum Gasteiger partial charge on any atom is 0.197 e. The highest BCUT2D eigenvalue weighted by atomic mass is 79.9. The van der Waals surface area contributed by atoms with Crippen molar-refractivity contribution in [3.63, 3.8) is 0 Å². The number of hydrogen-bond acceptors (Lipinski definition) is 4. The summed E-state index contributed by atoms with van der Waals surface area (Å²) in [5.74, 6) is 0.777. The van der Waals surface area contributed by atoms with Gasteiger partial charge in [0.2, 0.25) is 0 Å². The summed E-state index contributed by atoms with van der Waals surface area (Å²) in [6.45, 7) is 3.03. The van der Waals surface area contributed by atoms with Crippen molar-refractivity contribution in [2.24, 2.45) is 0 Å². The molecule has 1 atom stereocenters. The number of fused-ring (bicyclic) bond motifs is 1. The van der Waals surface area contributed by atoms with Crippen molar-refractivity contribution >= 4 is 38.4 Å². The van der Waals surface area contributed by atoms with E-state index in [1.165, 1.54) is 5.56 Å². The molecular formula is C15H15BrN2OS. The average Bonchev–Trinajstić information content (AvgIpc) is 3.03. The summed E-state index contributed by atoms with van der Waals surface area (Å²) in [5.41, 5.74) is 3.04. The number of aromatic nitrogens is 1. The molecule has 0 aliphatic heterocycles. The Bertz CT molecular complexity index is 674. The number of nitrogens with one attached hydrogen (secondary N) is 1. The van der Waals surface area contributed by atoms with Crippen LogP contribution in [0.1, 0.15) is 24.4 Å². The lowest BCUT2D eigenvalue weighted by Gasteiger charge is -2.14. The number of para-hydroxylation sites is 2. The van der Waals surface area contributed by atoms with Gasteiger partial charge in [-0.05, 0) is 51.6 Å². The summed E-state index contributed by atoms with van der Waals surface area (Å²) in [4.78, 5) is 4.55. The van der Waals surface area contributed by atoms with Crippen LogP contribution in [-0.2, 0) is 6.42 Å². The summed E-state index contributed by atoms with van der Waals surface area (Å²) < 4.78 is 6.96. The van der Waals surface area contributed by atoms with Gasteiger partial charge in [0.25, 0.3) is 0 Å². The fraction of sp³-hybridized carbons (Fsp3) is 0.267. The van der Waals surface area contributed by atoms with Crippen LogP contribution >= 0.6 is 27.3 Å². The standard InChI is InChI=1S/C15H15BrN2OS/c1-2-17-12(10-7-14(16)20-9-10)8-15-18-11-5-3-4-6-13(11)19-15/h3-7,9,12,17H,2,8H2,1H3. The molecule has 0 bridgehead atoms. The van der Waals surface area contributed by atoms with Gasteiger partial charge < -0.3 is 9.73 Å². The highest BCUT2D eigenvalue weighted by molar-refractivity contribution is 9.11. The van der Waals surface area contributed by atoms with E-state index in [0.717, 1.165) is 33.7 Å². The molecule has 0 spiro atoms. The predicted octanol–water partition coefficient (Wildman–Crippen LogP) is 4.55. The molecule has 0 saturated heterocycles. The van der Waals surface area contributed by atoms with Gasteiger partial charge in [-0.3, -0.25) is 0 Å². The summed E-state index contributed by atoms with van der Waals surface area (Å²) in [6.07, 6.45) is 0.756. The number of thiophene rings is 1. The smallest absolute Gasteiger partial charge is 0.197 e. The summed E-state index contributed by atoms with van der Waals surface area (Å²) in [7, 11) is 0. The van der Waals surface area contributed by atoms with Gasteiger partial charge >= 0.3 is 0 Å². The number of nitrogens with zero attached hydrogens (tertiary/aromatic N) is 1. The van der Waals surface area contributed by atoms with Crippen molar-refractivity contribution in [1.82, 2.24) is 10.3 Å². The Kier molecular flexibility index (Phi) is 4.19. The molecule has 3 rings (SSSR count). The van der Waals surface area contributed by atoms with E-state index in [-0.39, 0.29) is 6.04 Å². The van der Waals surface area contributed by atoms with Crippen LogP contribution < -0.4 is 5.32 Å². The zero-order chi connectivity index (χ0) is 13.9. The molecule has 20 heavy (non-hydrogen) atoms. The first-order chi connectivity index (χ1) is 9.76. The minimum atomic E-state index is 0.232. The van der Waals surface area contributed by atoms with Crippen LogP contribution in [0.15, 0.2) is 43.9 Å². The van der Waals surface area contributed by atoms with Gasteiger partial charge in [0.05, 0.1) is 3.79 Å². The van der Waals surface area contributed by atoms with Gasteiger partial charge in [0.15, 0.2) is 11.5 Å². The lowest BCUT2D eigenvalue weighted by Crippen LogP contribution is -2.22. The van der Waals surface area contributed by atoms with E-state index in [9.17, 15) is 0 Å². The second-order valence-electron chi connectivity index (χ2n) is 4.57. The molecule has 1 unspecified atom stereocenters. The van der Waals surface area contributed by atoms with Crippen LogP contribution in [0.5, 0.6) is 0 Å². The van der Waals surface area contributed by atoms with Gasteiger partial charge in [-0.25, -0.2) is 4.98 Å². The zero-order valence-corrected chi connectivity index (χ0v) is 13.5. The highest BCUT2D eigenvalue weighted by Gasteiger charge is 2.16. The molecule has 1 N–H and O–H groups in total. The maximum absolute atomic E-state index is 5.81. The summed E-state index contributed by atoms with van der Waals surface area (Å²) in [6, 6.07) is 10.3. The Hall–Kier alpha value is -1.17. The van der Waals surface area contributed by atoms with Crippen LogP contribution in [0.3, 0.4) is 0 Å². The Balaban J connectivity index is 1.85. The van der Waals surface area contributed by atoms with Crippen LogP contribution in [0, 0.1) is 0 Å². The van der Waals surface area contributed by atoms with Crippen LogP contribution in [0.25, 0.3) is 11.1 Å². The van der Waals surface area contributed by atoms with Crippen LogP contribution in [-0.4, -0.2) is 11.5 Å². The molecule has 3 nitrogen and oxygen atoms in total. The second-order valence-corrected chi connectivity index (χ2v) is 6.86. The van der Waals surface area contributed by atoms with Crippen molar-refractivity contribution in [3.05, 3.63) is 51.0 Å². The first-order valence-electron chi connectivity index (χ1n) is 6.58. The van der Waals surface area contributed by atoms with Crippen molar-refractivity contribution in [2.45, 2.75) is 19.4 Å². The minimum Gasteiger partial charge on any atom is -0.441 e. The third-order valence-electron chi connectivity index (χ3n) is 3.16. The number of likely N-dealkylation sites (N-methyl/N-ethyl adjacent to an activating group) is 1. The molecule has 0 fully saturated rings. The van der Waals surface area contributed by atoms with Gasteiger partial charge in [0, 0.05) is 12.5 Å².